The third-order valence-electron chi connectivity index (χ3n) is 2.30. The number of halogens is 1. The molecular weight excluding hydrogens is 181 g/mol. The Morgan fingerprint density at radius 3 is 2.71 bits per heavy atom. The van der Waals surface area contributed by atoms with E-state index < -0.39 is 0 Å². The number of rotatable bonds is 4. The van der Waals surface area contributed by atoms with Gasteiger partial charge in [-0.25, -0.2) is 4.39 Å². The van der Waals surface area contributed by atoms with Crippen LogP contribution >= 0.6 is 0 Å². The molecule has 1 aromatic carbocycles. The quantitative estimate of drug-likeness (QED) is 0.771. The highest BCUT2D eigenvalue weighted by Gasteiger charge is 2.12. The van der Waals surface area contributed by atoms with Crippen molar-refractivity contribution in [1.29, 1.82) is 0 Å². The molecule has 0 radical (unpaired) electrons. The first-order chi connectivity index (χ1) is 6.69. The molecule has 0 saturated carbocycles. The highest BCUT2D eigenvalue weighted by atomic mass is 19.1. The molecule has 0 aliphatic heterocycles. The van der Waals surface area contributed by atoms with Crippen molar-refractivity contribution < 1.29 is 9.50 Å². The van der Waals surface area contributed by atoms with Crippen molar-refractivity contribution in [3.05, 3.63) is 35.1 Å². The molecule has 0 saturated heterocycles. The molecule has 78 valence electrons. The number of hydrogen-bond donors (Lipinski definition) is 2. The number of aliphatic hydroxyl groups is 1. The molecule has 0 fully saturated rings. The lowest BCUT2D eigenvalue weighted by Crippen LogP contribution is -2.18. The van der Waals surface area contributed by atoms with Crippen molar-refractivity contribution in [2.75, 3.05) is 13.7 Å². The number of aryl methyl sites for hydroxylation is 1. The van der Waals surface area contributed by atoms with Crippen molar-refractivity contribution in [2.24, 2.45) is 0 Å². The second kappa shape index (κ2) is 5.08. The molecule has 0 amide bonds. The predicted octanol–water partition coefficient (Wildman–Crippen LogP) is 1.78. The topological polar surface area (TPSA) is 32.3 Å². The van der Waals surface area contributed by atoms with E-state index in [2.05, 4.69) is 5.32 Å². The first-order valence-corrected chi connectivity index (χ1v) is 4.73. The Kier molecular flexibility index (Phi) is 4.04. The van der Waals surface area contributed by atoms with Gasteiger partial charge in [-0.3, -0.25) is 0 Å². The molecule has 0 spiro atoms. The number of benzene rings is 1. The number of hydrogen-bond acceptors (Lipinski definition) is 2. The summed E-state index contributed by atoms with van der Waals surface area (Å²) in [6.45, 7) is 1.91. The first kappa shape index (κ1) is 11.1. The van der Waals surface area contributed by atoms with Crippen LogP contribution in [-0.4, -0.2) is 18.8 Å². The van der Waals surface area contributed by atoms with E-state index in [1.54, 1.807) is 13.1 Å². The summed E-state index contributed by atoms with van der Waals surface area (Å²) in [5, 5.41) is 11.8. The van der Waals surface area contributed by atoms with Gasteiger partial charge in [0.1, 0.15) is 5.82 Å². The summed E-state index contributed by atoms with van der Waals surface area (Å²) >= 11 is 0. The fourth-order valence-electron chi connectivity index (χ4n) is 1.50. The molecule has 0 aliphatic carbocycles. The van der Waals surface area contributed by atoms with Crippen LogP contribution in [-0.2, 0) is 0 Å². The highest BCUT2D eigenvalue weighted by Crippen LogP contribution is 2.20. The standard InChI is InChI=1S/C11H16FNO/c1-8-3-4-9(10(12)7-8)11(13-2)5-6-14/h3-4,7,11,13-14H,5-6H2,1-2H3. The van der Waals surface area contributed by atoms with Crippen molar-refractivity contribution >= 4 is 0 Å². The maximum Gasteiger partial charge on any atom is 0.128 e. The van der Waals surface area contributed by atoms with E-state index in [4.69, 9.17) is 5.11 Å². The molecule has 1 rings (SSSR count). The average molecular weight is 197 g/mol. The van der Waals surface area contributed by atoms with Gasteiger partial charge in [0.15, 0.2) is 0 Å². The minimum absolute atomic E-state index is 0.0544. The molecule has 14 heavy (non-hydrogen) atoms. The minimum Gasteiger partial charge on any atom is -0.396 e. The van der Waals surface area contributed by atoms with Gasteiger partial charge >= 0.3 is 0 Å². The molecule has 2 N–H and O–H groups in total. The fraction of sp³-hybridized carbons (Fsp3) is 0.455. The Bertz CT molecular complexity index is 301. The van der Waals surface area contributed by atoms with Crippen LogP contribution in [0.3, 0.4) is 0 Å². The molecule has 0 bridgehead atoms. The number of nitrogens with one attached hydrogen (secondary N) is 1. The van der Waals surface area contributed by atoms with E-state index in [0.29, 0.717) is 12.0 Å². The number of aliphatic hydroxyl groups excluding tert-OH is 1. The van der Waals surface area contributed by atoms with E-state index in [9.17, 15) is 4.39 Å². The van der Waals surface area contributed by atoms with Gasteiger partial charge in [0.25, 0.3) is 0 Å². The van der Waals surface area contributed by atoms with Gasteiger partial charge in [0, 0.05) is 18.2 Å². The van der Waals surface area contributed by atoms with Gasteiger partial charge in [-0.15, -0.1) is 0 Å². The molecule has 0 aromatic heterocycles. The summed E-state index contributed by atoms with van der Waals surface area (Å²) in [5.74, 6) is -0.210. The summed E-state index contributed by atoms with van der Waals surface area (Å²) in [4.78, 5) is 0. The summed E-state index contributed by atoms with van der Waals surface area (Å²) in [5.41, 5.74) is 1.53. The summed E-state index contributed by atoms with van der Waals surface area (Å²) in [7, 11) is 1.76. The molecule has 1 atom stereocenters. The third-order valence-corrected chi connectivity index (χ3v) is 2.30. The second-order valence-electron chi connectivity index (χ2n) is 3.38. The van der Waals surface area contributed by atoms with Crippen LogP contribution in [0.25, 0.3) is 0 Å². The first-order valence-electron chi connectivity index (χ1n) is 4.73. The van der Waals surface area contributed by atoms with Gasteiger partial charge in [0.05, 0.1) is 0 Å². The fourth-order valence-corrected chi connectivity index (χ4v) is 1.50. The normalized spacial score (nSPS) is 12.9. The van der Waals surface area contributed by atoms with Crippen LogP contribution < -0.4 is 5.32 Å². The molecule has 1 aromatic rings. The van der Waals surface area contributed by atoms with E-state index in [-0.39, 0.29) is 18.5 Å². The van der Waals surface area contributed by atoms with Gasteiger partial charge in [-0.05, 0) is 32.0 Å². The van der Waals surface area contributed by atoms with Gasteiger partial charge in [-0.1, -0.05) is 12.1 Å². The second-order valence-corrected chi connectivity index (χ2v) is 3.38. The van der Waals surface area contributed by atoms with E-state index in [1.807, 2.05) is 13.0 Å². The van der Waals surface area contributed by atoms with E-state index in [1.165, 1.54) is 6.07 Å². The van der Waals surface area contributed by atoms with Crippen molar-refractivity contribution in [1.82, 2.24) is 5.32 Å². The van der Waals surface area contributed by atoms with Gasteiger partial charge in [-0.2, -0.15) is 0 Å². The monoisotopic (exact) mass is 197 g/mol. The lowest BCUT2D eigenvalue weighted by Gasteiger charge is -2.16. The van der Waals surface area contributed by atoms with Crippen LogP contribution in [0.2, 0.25) is 0 Å². The summed E-state index contributed by atoms with van der Waals surface area (Å²) < 4.78 is 13.5. The van der Waals surface area contributed by atoms with Crippen LogP contribution in [0.5, 0.6) is 0 Å². The van der Waals surface area contributed by atoms with Crippen molar-refractivity contribution in [3.8, 4) is 0 Å². The van der Waals surface area contributed by atoms with E-state index >= 15 is 0 Å². The van der Waals surface area contributed by atoms with Crippen LogP contribution in [0.15, 0.2) is 18.2 Å². The van der Waals surface area contributed by atoms with Crippen LogP contribution in [0.1, 0.15) is 23.6 Å². The zero-order valence-corrected chi connectivity index (χ0v) is 8.55. The highest BCUT2D eigenvalue weighted by molar-refractivity contribution is 5.26. The predicted molar refractivity (Wildman–Crippen MR) is 54.6 cm³/mol. The zero-order chi connectivity index (χ0) is 10.6. The van der Waals surface area contributed by atoms with Gasteiger partial charge in [0.2, 0.25) is 0 Å². The molecular formula is C11H16FNO. The molecule has 2 nitrogen and oxygen atoms in total. The van der Waals surface area contributed by atoms with Crippen molar-refractivity contribution in [2.45, 2.75) is 19.4 Å². The van der Waals surface area contributed by atoms with Gasteiger partial charge < -0.3 is 10.4 Å². The molecule has 1 unspecified atom stereocenters. The Labute approximate surface area is 83.8 Å². The summed E-state index contributed by atoms with van der Waals surface area (Å²) in [6, 6.07) is 5.04. The smallest absolute Gasteiger partial charge is 0.128 e. The van der Waals surface area contributed by atoms with E-state index in [0.717, 1.165) is 5.56 Å². The maximum atomic E-state index is 13.5. The Morgan fingerprint density at radius 1 is 1.50 bits per heavy atom. The Hall–Kier alpha value is -0.930. The SMILES string of the molecule is CNC(CCO)c1ccc(C)cc1F. The van der Waals surface area contributed by atoms with Crippen LogP contribution in [0, 0.1) is 12.7 Å². The lowest BCUT2D eigenvalue weighted by molar-refractivity contribution is 0.267. The third kappa shape index (κ3) is 2.53. The molecule has 0 heterocycles. The maximum absolute atomic E-state index is 13.5. The molecule has 3 heteroatoms. The Balaban J connectivity index is 2.92. The summed E-state index contributed by atoms with van der Waals surface area (Å²) in [6.07, 6.45) is 0.524. The van der Waals surface area contributed by atoms with Crippen LogP contribution in [0.4, 0.5) is 4.39 Å². The minimum atomic E-state index is -0.210. The largest absolute Gasteiger partial charge is 0.396 e. The zero-order valence-electron chi connectivity index (χ0n) is 8.55. The average Bonchev–Trinajstić information content (AvgIpc) is 2.15. The molecule has 0 aliphatic rings. The Morgan fingerprint density at radius 2 is 2.21 bits per heavy atom. The lowest BCUT2D eigenvalue weighted by atomic mass is 10.0. The van der Waals surface area contributed by atoms with Crippen molar-refractivity contribution in [3.63, 3.8) is 0 Å².